The molecule has 1 N–H and O–H groups in total. The van der Waals surface area contributed by atoms with Crippen LogP contribution in [0.2, 0.25) is 0 Å². The molecule has 0 aliphatic carbocycles. The van der Waals surface area contributed by atoms with Crippen LogP contribution in [0.1, 0.15) is 24.1 Å². The largest absolute Gasteiger partial charge is 0.348 e. The molecule has 2 saturated heterocycles. The first-order chi connectivity index (χ1) is 12.5. The van der Waals surface area contributed by atoms with Gasteiger partial charge >= 0.3 is 0 Å². The molecule has 0 radical (unpaired) electrons. The van der Waals surface area contributed by atoms with Crippen LogP contribution < -0.4 is 0 Å². The quantitative estimate of drug-likeness (QED) is 0.811. The van der Waals surface area contributed by atoms with E-state index in [1.807, 2.05) is 19.3 Å². The van der Waals surface area contributed by atoms with E-state index in [1.165, 1.54) is 0 Å². The standard InChI is InChI=1S/C17H26N6O2S/c1-3-21-5-4-18-17(21)9-23-7-6-22(8-14-13(2)19-12-20-14)15-10-26(24,25)11-16(15)23/h4-5,12,15-16H,3,6-11H2,1-2H3,(H,19,20)/t15-,16+/m0/s1. The highest BCUT2D eigenvalue weighted by Gasteiger charge is 2.46. The first-order valence-electron chi connectivity index (χ1n) is 9.14. The predicted octanol–water partition coefficient (Wildman–Crippen LogP) is 0.418. The van der Waals surface area contributed by atoms with Crippen LogP contribution in [0.3, 0.4) is 0 Å². The van der Waals surface area contributed by atoms with Gasteiger partial charge in [0, 0.05) is 56.4 Å². The van der Waals surface area contributed by atoms with Gasteiger partial charge in [-0.3, -0.25) is 9.80 Å². The number of rotatable bonds is 5. The lowest BCUT2D eigenvalue weighted by molar-refractivity contribution is 0.0327. The zero-order valence-corrected chi connectivity index (χ0v) is 16.1. The summed E-state index contributed by atoms with van der Waals surface area (Å²) in [6, 6.07) is 0.0462. The second kappa shape index (κ2) is 6.79. The van der Waals surface area contributed by atoms with Gasteiger partial charge in [-0.1, -0.05) is 0 Å². The summed E-state index contributed by atoms with van der Waals surface area (Å²) < 4.78 is 26.9. The third kappa shape index (κ3) is 3.30. The predicted molar refractivity (Wildman–Crippen MR) is 98.3 cm³/mol. The lowest BCUT2D eigenvalue weighted by Gasteiger charge is -2.43. The molecule has 26 heavy (non-hydrogen) atoms. The summed E-state index contributed by atoms with van der Waals surface area (Å²) in [4.78, 5) is 16.6. The van der Waals surface area contributed by atoms with Crippen LogP contribution in [-0.2, 0) is 29.5 Å². The highest BCUT2D eigenvalue weighted by atomic mass is 32.2. The minimum atomic E-state index is -3.02. The Hall–Kier alpha value is -1.71. The number of H-pyrrole nitrogens is 1. The van der Waals surface area contributed by atoms with Crippen molar-refractivity contribution in [3.63, 3.8) is 0 Å². The molecule has 2 aromatic heterocycles. The number of hydrogen-bond acceptors (Lipinski definition) is 6. The van der Waals surface area contributed by atoms with Crippen molar-refractivity contribution in [2.24, 2.45) is 0 Å². The van der Waals surface area contributed by atoms with E-state index in [9.17, 15) is 8.42 Å². The molecule has 0 aromatic carbocycles. The van der Waals surface area contributed by atoms with E-state index in [0.29, 0.717) is 13.1 Å². The lowest BCUT2D eigenvalue weighted by atomic mass is 10.0. The lowest BCUT2D eigenvalue weighted by Crippen LogP contribution is -2.58. The number of imidazole rings is 2. The molecule has 4 heterocycles. The minimum Gasteiger partial charge on any atom is -0.348 e. The summed E-state index contributed by atoms with van der Waals surface area (Å²) in [5, 5.41) is 0. The van der Waals surface area contributed by atoms with E-state index >= 15 is 0 Å². The van der Waals surface area contributed by atoms with Crippen LogP contribution in [0.15, 0.2) is 18.7 Å². The van der Waals surface area contributed by atoms with Gasteiger partial charge in [0.2, 0.25) is 0 Å². The first kappa shape index (κ1) is 17.7. The molecule has 2 aromatic rings. The normalized spacial score (nSPS) is 26.2. The zero-order chi connectivity index (χ0) is 18.3. The number of nitrogens with one attached hydrogen (secondary N) is 1. The molecule has 9 heteroatoms. The Labute approximate surface area is 154 Å². The van der Waals surface area contributed by atoms with Crippen LogP contribution in [-0.4, -0.2) is 74.4 Å². The molecule has 2 atom stereocenters. The summed E-state index contributed by atoms with van der Waals surface area (Å²) in [7, 11) is -3.02. The van der Waals surface area contributed by atoms with Crippen molar-refractivity contribution in [2.45, 2.75) is 45.6 Å². The number of aromatic amines is 1. The second-order valence-corrected chi connectivity index (χ2v) is 9.41. The number of fused-ring (bicyclic) bond motifs is 1. The summed E-state index contributed by atoms with van der Waals surface area (Å²) in [5.41, 5.74) is 2.05. The van der Waals surface area contributed by atoms with E-state index in [0.717, 1.165) is 36.8 Å². The summed E-state index contributed by atoms with van der Waals surface area (Å²) in [6.45, 7) is 8.06. The Morgan fingerprint density at radius 1 is 1.15 bits per heavy atom. The zero-order valence-electron chi connectivity index (χ0n) is 15.3. The molecule has 0 unspecified atom stereocenters. The fourth-order valence-corrected chi connectivity index (χ4v) is 6.23. The first-order valence-corrected chi connectivity index (χ1v) is 11.0. The van der Waals surface area contributed by atoms with Crippen molar-refractivity contribution in [1.29, 1.82) is 0 Å². The number of hydrogen-bond donors (Lipinski definition) is 1. The van der Waals surface area contributed by atoms with E-state index < -0.39 is 9.84 Å². The molecule has 2 aliphatic heterocycles. The van der Waals surface area contributed by atoms with Gasteiger partial charge < -0.3 is 9.55 Å². The Morgan fingerprint density at radius 3 is 2.46 bits per heavy atom. The minimum absolute atomic E-state index is 0.0230. The number of nitrogens with zero attached hydrogens (tertiary/aromatic N) is 5. The van der Waals surface area contributed by atoms with Gasteiger partial charge in [-0.05, 0) is 13.8 Å². The second-order valence-electron chi connectivity index (χ2n) is 7.26. The van der Waals surface area contributed by atoms with E-state index in [-0.39, 0.29) is 23.6 Å². The van der Waals surface area contributed by atoms with Crippen LogP contribution in [0.25, 0.3) is 0 Å². The van der Waals surface area contributed by atoms with Crippen molar-refractivity contribution >= 4 is 9.84 Å². The maximum Gasteiger partial charge on any atom is 0.153 e. The molecule has 2 fully saturated rings. The van der Waals surface area contributed by atoms with Crippen molar-refractivity contribution in [3.05, 3.63) is 35.9 Å². The summed E-state index contributed by atoms with van der Waals surface area (Å²) >= 11 is 0. The molecule has 0 amide bonds. The molecule has 0 bridgehead atoms. The highest BCUT2D eigenvalue weighted by Crippen LogP contribution is 2.29. The summed E-state index contributed by atoms with van der Waals surface area (Å²) in [6.07, 6.45) is 5.50. The average Bonchev–Trinajstić information content (AvgIpc) is 3.28. The van der Waals surface area contributed by atoms with Crippen molar-refractivity contribution < 1.29 is 8.42 Å². The number of piperazine rings is 1. The average molecular weight is 379 g/mol. The molecular weight excluding hydrogens is 352 g/mol. The molecule has 0 saturated carbocycles. The highest BCUT2D eigenvalue weighted by molar-refractivity contribution is 7.91. The van der Waals surface area contributed by atoms with Gasteiger partial charge in [-0.2, -0.15) is 0 Å². The fourth-order valence-electron chi connectivity index (χ4n) is 4.19. The number of aromatic nitrogens is 4. The summed E-state index contributed by atoms with van der Waals surface area (Å²) in [5.74, 6) is 1.48. The van der Waals surface area contributed by atoms with Crippen LogP contribution in [0.5, 0.6) is 0 Å². The van der Waals surface area contributed by atoms with Crippen LogP contribution in [0.4, 0.5) is 0 Å². The monoisotopic (exact) mass is 378 g/mol. The van der Waals surface area contributed by atoms with E-state index in [2.05, 4.69) is 36.2 Å². The maximum absolute atomic E-state index is 12.4. The van der Waals surface area contributed by atoms with Gasteiger partial charge in [0.05, 0.1) is 30.1 Å². The van der Waals surface area contributed by atoms with Gasteiger partial charge in [0.25, 0.3) is 0 Å². The molecule has 8 nitrogen and oxygen atoms in total. The Kier molecular flexibility index (Phi) is 4.62. The van der Waals surface area contributed by atoms with E-state index in [4.69, 9.17) is 0 Å². The molecule has 4 rings (SSSR count). The number of aryl methyl sites for hydroxylation is 2. The molecule has 0 spiro atoms. The van der Waals surface area contributed by atoms with Gasteiger partial charge in [0.1, 0.15) is 5.82 Å². The van der Waals surface area contributed by atoms with Crippen molar-refractivity contribution in [3.8, 4) is 0 Å². The van der Waals surface area contributed by atoms with Crippen LogP contribution in [0, 0.1) is 6.92 Å². The smallest absolute Gasteiger partial charge is 0.153 e. The maximum atomic E-state index is 12.4. The molecular formula is C17H26N6O2S. The third-order valence-electron chi connectivity index (χ3n) is 5.68. The Morgan fingerprint density at radius 2 is 1.85 bits per heavy atom. The molecule has 2 aliphatic rings. The molecule has 142 valence electrons. The topological polar surface area (TPSA) is 87.1 Å². The Bertz CT molecular complexity index is 873. The third-order valence-corrected chi connectivity index (χ3v) is 7.38. The van der Waals surface area contributed by atoms with Crippen molar-refractivity contribution in [1.82, 2.24) is 29.3 Å². The Balaban J connectivity index is 1.55. The van der Waals surface area contributed by atoms with Gasteiger partial charge in [0.15, 0.2) is 9.84 Å². The van der Waals surface area contributed by atoms with Gasteiger partial charge in [-0.25, -0.2) is 18.4 Å². The van der Waals surface area contributed by atoms with Crippen molar-refractivity contribution in [2.75, 3.05) is 24.6 Å². The fraction of sp³-hybridized carbons (Fsp3) is 0.647. The van der Waals surface area contributed by atoms with E-state index in [1.54, 1.807) is 6.33 Å². The SMILES string of the molecule is CCn1ccnc1CN1CCN(Cc2nc[nH]c2C)[C@H]2CS(=O)(=O)C[C@H]21. The van der Waals surface area contributed by atoms with Gasteiger partial charge in [-0.15, -0.1) is 0 Å². The number of sulfone groups is 1. The van der Waals surface area contributed by atoms with Crippen LogP contribution >= 0.6 is 0 Å².